The second-order valence-electron chi connectivity index (χ2n) is 5.82. The number of hydrogen-bond donors (Lipinski definition) is 2. The third-order valence-electron chi connectivity index (χ3n) is 4.10. The first-order valence-corrected chi connectivity index (χ1v) is 7.76. The zero-order chi connectivity index (χ0) is 17.1. The number of rotatable bonds is 3. The molecule has 1 fully saturated rings. The number of hydrogen-bond acceptors (Lipinski definition) is 4. The molecule has 2 aromatic rings. The Morgan fingerprint density at radius 1 is 1.42 bits per heavy atom. The molecule has 3 heterocycles. The van der Waals surface area contributed by atoms with Gasteiger partial charge in [0, 0.05) is 32.1 Å². The summed E-state index contributed by atoms with van der Waals surface area (Å²) in [6.45, 7) is 2.44. The minimum atomic E-state index is -0.620. The maximum atomic E-state index is 13.8. The van der Waals surface area contributed by atoms with E-state index in [0.717, 1.165) is 24.7 Å². The topological polar surface area (TPSA) is 91.0 Å². The van der Waals surface area contributed by atoms with Gasteiger partial charge in [-0.05, 0) is 18.9 Å². The van der Waals surface area contributed by atoms with E-state index in [0.29, 0.717) is 18.8 Å². The van der Waals surface area contributed by atoms with Gasteiger partial charge in [0.15, 0.2) is 5.82 Å². The quantitative estimate of drug-likeness (QED) is 0.899. The summed E-state index contributed by atoms with van der Waals surface area (Å²) in [6.07, 6.45) is 5.65. The highest BCUT2D eigenvalue weighted by atomic mass is 19.1. The standard InChI is InChI=1S/C16H18FN5O2/c1-10(23)20-14-8-19-21-15(14)11-3-2-6-22(9-11)16(24)12-4-5-18-7-13(12)17/h4-5,7-8,11H,2-3,6,9H2,1H3,(H,19,21)(H,20,23). The fourth-order valence-corrected chi connectivity index (χ4v) is 3.01. The van der Waals surface area contributed by atoms with Crippen molar-refractivity contribution in [2.75, 3.05) is 18.4 Å². The van der Waals surface area contributed by atoms with E-state index in [9.17, 15) is 14.0 Å². The lowest BCUT2D eigenvalue weighted by Gasteiger charge is -2.32. The van der Waals surface area contributed by atoms with Crippen LogP contribution in [0.2, 0.25) is 0 Å². The molecule has 0 saturated carbocycles. The number of likely N-dealkylation sites (tertiary alicyclic amines) is 1. The number of halogens is 1. The summed E-state index contributed by atoms with van der Waals surface area (Å²) in [5, 5.41) is 9.62. The van der Waals surface area contributed by atoms with Crippen LogP contribution in [0.15, 0.2) is 24.7 Å². The number of anilines is 1. The van der Waals surface area contributed by atoms with Gasteiger partial charge in [0.1, 0.15) is 0 Å². The van der Waals surface area contributed by atoms with Gasteiger partial charge in [-0.3, -0.25) is 19.7 Å². The highest BCUT2D eigenvalue weighted by molar-refractivity contribution is 5.94. The Labute approximate surface area is 138 Å². The molecular weight excluding hydrogens is 313 g/mol. The number of carbonyl (C=O) groups is 2. The molecule has 1 saturated heterocycles. The Hall–Kier alpha value is -2.77. The smallest absolute Gasteiger partial charge is 0.256 e. The van der Waals surface area contributed by atoms with Gasteiger partial charge in [-0.2, -0.15) is 5.10 Å². The summed E-state index contributed by atoms with van der Waals surface area (Å²) in [7, 11) is 0. The van der Waals surface area contributed by atoms with Gasteiger partial charge in [0.25, 0.3) is 5.91 Å². The summed E-state index contributed by atoms with van der Waals surface area (Å²) in [5.41, 5.74) is 1.44. The van der Waals surface area contributed by atoms with E-state index in [2.05, 4.69) is 20.5 Å². The molecule has 0 aliphatic carbocycles. The number of aromatic amines is 1. The minimum absolute atomic E-state index is 0.0111. The predicted octanol–water partition coefficient (Wildman–Crippen LogP) is 1.92. The van der Waals surface area contributed by atoms with Gasteiger partial charge in [-0.15, -0.1) is 0 Å². The van der Waals surface area contributed by atoms with Gasteiger partial charge in [-0.1, -0.05) is 0 Å². The first kappa shape index (κ1) is 16.1. The third kappa shape index (κ3) is 3.27. The number of nitrogens with zero attached hydrogens (tertiary/aromatic N) is 3. The van der Waals surface area contributed by atoms with Gasteiger partial charge in [-0.25, -0.2) is 4.39 Å². The molecule has 126 valence electrons. The van der Waals surface area contributed by atoms with Crippen molar-refractivity contribution in [3.05, 3.63) is 41.7 Å². The summed E-state index contributed by atoms with van der Waals surface area (Å²) in [6, 6.07) is 1.39. The molecule has 0 spiro atoms. The molecule has 1 aliphatic rings. The molecule has 0 radical (unpaired) electrons. The van der Waals surface area contributed by atoms with Gasteiger partial charge in [0.2, 0.25) is 5.91 Å². The molecule has 24 heavy (non-hydrogen) atoms. The van der Waals surface area contributed by atoms with Crippen molar-refractivity contribution in [1.82, 2.24) is 20.1 Å². The summed E-state index contributed by atoms with van der Waals surface area (Å²) in [4.78, 5) is 29.1. The highest BCUT2D eigenvalue weighted by Gasteiger charge is 2.29. The highest BCUT2D eigenvalue weighted by Crippen LogP contribution is 2.31. The van der Waals surface area contributed by atoms with Crippen LogP contribution in [-0.2, 0) is 4.79 Å². The number of piperidine rings is 1. The lowest BCUT2D eigenvalue weighted by Crippen LogP contribution is -2.39. The summed E-state index contributed by atoms with van der Waals surface area (Å²) in [5.74, 6) is -1.14. The monoisotopic (exact) mass is 331 g/mol. The van der Waals surface area contributed by atoms with Crippen LogP contribution in [0, 0.1) is 5.82 Å². The zero-order valence-corrected chi connectivity index (χ0v) is 13.3. The van der Waals surface area contributed by atoms with E-state index in [1.807, 2.05) is 0 Å². The first-order chi connectivity index (χ1) is 11.6. The lowest BCUT2D eigenvalue weighted by atomic mass is 9.93. The second-order valence-corrected chi connectivity index (χ2v) is 5.82. The number of amides is 2. The number of aromatic nitrogens is 3. The fourth-order valence-electron chi connectivity index (χ4n) is 3.01. The van der Waals surface area contributed by atoms with Crippen LogP contribution in [0.25, 0.3) is 0 Å². The Kier molecular flexibility index (Phi) is 4.54. The van der Waals surface area contributed by atoms with Crippen molar-refractivity contribution < 1.29 is 14.0 Å². The van der Waals surface area contributed by atoms with Crippen molar-refractivity contribution in [2.24, 2.45) is 0 Å². The summed E-state index contributed by atoms with van der Waals surface area (Å²) < 4.78 is 13.8. The van der Waals surface area contributed by atoms with Gasteiger partial charge >= 0.3 is 0 Å². The molecule has 0 aromatic carbocycles. The van der Waals surface area contributed by atoms with Crippen molar-refractivity contribution in [3.63, 3.8) is 0 Å². The number of H-pyrrole nitrogens is 1. The van der Waals surface area contributed by atoms with E-state index in [1.54, 1.807) is 11.1 Å². The number of nitrogens with one attached hydrogen (secondary N) is 2. The van der Waals surface area contributed by atoms with Crippen molar-refractivity contribution in [3.8, 4) is 0 Å². The SMILES string of the molecule is CC(=O)Nc1cn[nH]c1C1CCCN(C(=O)c2ccncc2F)C1. The first-order valence-electron chi connectivity index (χ1n) is 7.76. The van der Waals surface area contributed by atoms with Crippen LogP contribution in [-0.4, -0.2) is 45.0 Å². The average molecular weight is 331 g/mol. The maximum absolute atomic E-state index is 13.8. The molecular formula is C16H18FN5O2. The molecule has 0 bridgehead atoms. The Balaban J connectivity index is 1.78. The molecule has 8 heteroatoms. The maximum Gasteiger partial charge on any atom is 0.256 e. The Bertz CT molecular complexity index is 760. The van der Waals surface area contributed by atoms with E-state index in [-0.39, 0.29) is 23.3 Å². The van der Waals surface area contributed by atoms with Crippen molar-refractivity contribution >= 4 is 17.5 Å². The van der Waals surface area contributed by atoms with Crippen LogP contribution in [0.4, 0.5) is 10.1 Å². The van der Waals surface area contributed by atoms with Crippen LogP contribution in [0.3, 0.4) is 0 Å². The third-order valence-corrected chi connectivity index (χ3v) is 4.10. The molecule has 2 N–H and O–H groups in total. The molecule has 2 amide bonds. The van der Waals surface area contributed by atoms with Gasteiger partial charge < -0.3 is 10.2 Å². The largest absolute Gasteiger partial charge is 0.338 e. The van der Waals surface area contributed by atoms with E-state index >= 15 is 0 Å². The predicted molar refractivity (Wildman–Crippen MR) is 85.0 cm³/mol. The van der Waals surface area contributed by atoms with Crippen molar-refractivity contribution in [2.45, 2.75) is 25.7 Å². The van der Waals surface area contributed by atoms with Crippen LogP contribution >= 0.6 is 0 Å². The van der Waals surface area contributed by atoms with Gasteiger partial charge in [0.05, 0.1) is 29.3 Å². The van der Waals surface area contributed by atoms with Crippen molar-refractivity contribution in [1.29, 1.82) is 0 Å². The van der Waals surface area contributed by atoms with Crippen LogP contribution < -0.4 is 5.32 Å². The lowest BCUT2D eigenvalue weighted by molar-refractivity contribution is -0.114. The number of carbonyl (C=O) groups excluding carboxylic acids is 2. The molecule has 1 atom stereocenters. The van der Waals surface area contributed by atoms with Crippen LogP contribution in [0.1, 0.15) is 41.7 Å². The second kappa shape index (κ2) is 6.77. The zero-order valence-electron chi connectivity index (χ0n) is 13.3. The molecule has 2 aromatic heterocycles. The molecule has 3 rings (SSSR count). The van der Waals surface area contributed by atoms with E-state index in [1.165, 1.54) is 19.2 Å². The normalized spacial score (nSPS) is 17.6. The minimum Gasteiger partial charge on any atom is -0.338 e. The average Bonchev–Trinajstić information content (AvgIpc) is 3.02. The number of pyridine rings is 1. The summed E-state index contributed by atoms with van der Waals surface area (Å²) >= 11 is 0. The Morgan fingerprint density at radius 3 is 3.00 bits per heavy atom. The molecule has 1 aliphatic heterocycles. The van der Waals surface area contributed by atoms with E-state index in [4.69, 9.17) is 0 Å². The molecule has 1 unspecified atom stereocenters. The fraction of sp³-hybridized carbons (Fsp3) is 0.375. The van der Waals surface area contributed by atoms with Crippen LogP contribution in [0.5, 0.6) is 0 Å². The molecule has 7 nitrogen and oxygen atoms in total. The van der Waals surface area contributed by atoms with E-state index < -0.39 is 5.82 Å². The Morgan fingerprint density at radius 2 is 2.25 bits per heavy atom.